The highest BCUT2D eigenvalue weighted by atomic mass is 19.1. The SMILES string of the molecule is CC=CCC1CCC(CCc2ccc(-c3ccc(F)cc3)nc2)CC1. The Labute approximate surface area is 151 Å². The maximum absolute atomic E-state index is 13.0. The summed E-state index contributed by atoms with van der Waals surface area (Å²) >= 11 is 0. The van der Waals surface area contributed by atoms with Gasteiger partial charge in [-0.15, -0.1) is 0 Å². The van der Waals surface area contributed by atoms with Crippen LogP contribution in [0.25, 0.3) is 11.3 Å². The summed E-state index contributed by atoms with van der Waals surface area (Å²) in [4.78, 5) is 4.56. The summed E-state index contributed by atoms with van der Waals surface area (Å²) in [7, 11) is 0. The van der Waals surface area contributed by atoms with Gasteiger partial charge in [0.1, 0.15) is 5.82 Å². The van der Waals surface area contributed by atoms with E-state index >= 15 is 0 Å². The molecule has 0 aliphatic heterocycles. The molecular formula is C23H28FN. The van der Waals surface area contributed by atoms with Crippen molar-refractivity contribution in [2.75, 3.05) is 0 Å². The van der Waals surface area contributed by atoms with Gasteiger partial charge in [0.2, 0.25) is 0 Å². The number of rotatable bonds is 6. The van der Waals surface area contributed by atoms with E-state index in [1.807, 2.05) is 6.20 Å². The lowest BCUT2D eigenvalue weighted by Gasteiger charge is -2.27. The molecule has 1 saturated carbocycles. The summed E-state index contributed by atoms with van der Waals surface area (Å²) in [6, 6.07) is 10.8. The van der Waals surface area contributed by atoms with Crippen molar-refractivity contribution in [1.82, 2.24) is 4.98 Å². The first-order valence-corrected chi connectivity index (χ1v) is 9.56. The van der Waals surface area contributed by atoms with Crippen LogP contribution in [0.3, 0.4) is 0 Å². The first-order chi connectivity index (χ1) is 12.2. The molecule has 1 aliphatic carbocycles. The zero-order chi connectivity index (χ0) is 17.5. The van der Waals surface area contributed by atoms with E-state index in [1.165, 1.54) is 56.2 Å². The van der Waals surface area contributed by atoms with Crippen molar-refractivity contribution in [3.63, 3.8) is 0 Å². The molecule has 0 unspecified atom stereocenters. The molecule has 0 N–H and O–H groups in total. The highest BCUT2D eigenvalue weighted by Gasteiger charge is 2.20. The van der Waals surface area contributed by atoms with Gasteiger partial charge in [-0.05, 0) is 86.8 Å². The van der Waals surface area contributed by atoms with E-state index in [9.17, 15) is 4.39 Å². The number of pyridine rings is 1. The largest absolute Gasteiger partial charge is 0.256 e. The van der Waals surface area contributed by atoms with Crippen LogP contribution in [0.1, 0.15) is 51.0 Å². The summed E-state index contributed by atoms with van der Waals surface area (Å²) in [5.41, 5.74) is 3.18. The third-order valence-corrected chi connectivity index (χ3v) is 5.48. The molecule has 1 aromatic heterocycles. The number of nitrogens with zero attached hydrogens (tertiary/aromatic N) is 1. The van der Waals surface area contributed by atoms with E-state index in [0.29, 0.717) is 0 Å². The summed E-state index contributed by atoms with van der Waals surface area (Å²) in [6.45, 7) is 2.11. The van der Waals surface area contributed by atoms with Crippen molar-refractivity contribution in [3.05, 3.63) is 66.1 Å². The zero-order valence-corrected chi connectivity index (χ0v) is 15.1. The Balaban J connectivity index is 1.47. The molecule has 132 valence electrons. The quantitative estimate of drug-likeness (QED) is 0.542. The van der Waals surface area contributed by atoms with Gasteiger partial charge >= 0.3 is 0 Å². The molecule has 1 fully saturated rings. The summed E-state index contributed by atoms with van der Waals surface area (Å²) in [6.07, 6.45) is 15.7. The van der Waals surface area contributed by atoms with Crippen LogP contribution in [0.2, 0.25) is 0 Å². The predicted octanol–water partition coefficient (Wildman–Crippen LogP) is 6.59. The van der Waals surface area contributed by atoms with Crippen molar-refractivity contribution >= 4 is 0 Å². The zero-order valence-electron chi connectivity index (χ0n) is 15.1. The maximum atomic E-state index is 13.0. The van der Waals surface area contributed by atoms with Gasteiger partial charge in [0, 0.05) is 11.8 Å². The van der Waals surface area contributed by atoms with Crippen LogP contribution >= 0.6 is 0 Å². The number of hydrogen-bond acceptors (Lipinski definition) is 1. The molecule has 0 amide bonds. The van der Waals surface area contributed by atoms with Gasteiger partial charge in [-0.3, -0.25) is 4.98 Å². The van der Waals surface area contributed by atoms with E-state index in [0.717, 1.165) is 29.5 Å². The molecule has 0 spiro atoms. The molecule has 2 aromatic rings. The number of allylic oxidation sites excluding steroid dienone is 2. The third-order valence-electron chi connectivity index (χ3n) is 5.48. The molecule has 2 heteroatoms. The summed E-state index contributed by atoms with van der Waals surface area (Å²) in [5, 5.41) is 0. The van der Waals surface area contributed by atoms with E-state index in [2.05, 4.69) is 36.2 Å². The second-order valence-corrected chi connectivity index (χ2v) is 7.29. The van der Waals surface area contributed by atoms with Crippen LogP contribution in [-0.4, -0.2) is 4.98 Å². The van der Waals surface area contributed by atoms with Gasteiger partial charge in [0.15, 0.2) is 0 Å². The van der Waals surface area contributed by atoms with E-state index in [-0.39, 0.29) is 5.82 Å². The molecule has 1 nitrogen and oxygen atoms in total. The fourth-order valence-electron chi connectivity index (χ4n) is 3.82. The van der Waals surface area contributed by atoms with E-state index < -0.39 is 0 Å². The average Bonchev–Trinajstić information content (AvgIpc) is 2.67. The van der Waals surface area contributed by atoms with Gasteiger partial charge in [-0.25, -0.2) is 4.39 Å². The molecule has 3 rings (SSSR count). The Kier molecular flexibility index (Phi) is 6.38. The summed E-state index contributed by atoms with van der Waals surface area (Å²) in [5.74, 6) is 1.57. The minimum atomic E-state index is -0.208. The Morgan fingerprint density at radius 1 is 1.00 bits per heavy atom. The van der Waals surface area contributed by atoms with Crippen molar-refractivity contribution in [1.29, 1.82) is 0 Å². The third kappa shape index (κ3) is 5.26. The van der Waals surface area contributed by atoms with Crippen LogP contribution in [0.4, 0.5) is 4.39 Å². The molecule has 0 atom stereocenters. The predicted molar refractivity (Wildman–Crippen MR) is 103 cm³/mol. The molecule has 1 aromatic carbocycles. The van der Waals surface area contributed by atoms with Crippen LogP contribution in [0.5, 0.6) is 0 Å². The first-order valence-electron chi connectivity index (χ1n) is 9.56. The molecule has 1 aliphatic rings. The Hall–Kier alpha value is -1.96. The number of hydrogen-bond donors (Lipinski definition) is 0. The minimum Gasteiger partial charge on any atom is -0.256 e. The highest BCUT2D eigenvalue weighted by molar-refractivity contribution is 5.58. The molecule has 0 saturated heterocycles. The molecule has 25 heavy (non-hydrogen) atoms. The Morgan fingerprint density at radius 2 is 1.72 bits per heavy atom. The lowest BCUT2D eigenvalue weighted by atomic mass is 9.78. The monoisotopic (exact) mass is 337 g/mol. The van der Waals surface area contributed by atoms with E-state index in [1.54, 1.807) is 12.1 Å². The normalized spacial score (nSPS) is 20.9. The molecule has 1 heterocycles. The first kappa shape index (κ1) is 17.8. The second kappa shape index (κ2) is 8.94. The van der Waals surface area contributed by atoms with Gasteiger partial charge in [-0.2, -0.15) is 0 Å². The fraction of sp³-hybridized carbons (Fsp3) is 0.435. The van der Waals surface area contributed by atoms with Crippen LogP contribution in [0, 0.1) is 17.7 Å². The number of halogens is 1. The number of benzene rings is 1. The van der Waals surface area contributed by atoms with Crippen molar-refractivity contribution in [2.45, 2.75) is 51.9 Å². The number of aryl methyl sites for hydroxylation is 1. The Morgan fingerprint density at radius 3 is 2.36 bits per heavy atom. The summed E-state index contributed by atoms with van der Waals surface area (Å²) < 4.78 is 13.0. The number of aromatic nitrogens is 1. The molecular weight excluding hydrogens is 309 g/mol. The van der Waals surface area contributed by atoms with Gasteiger partial charge in [-0.1, -0.05) is 31.1 Å². The van der Waals surface area contributed by atoms with Crippen LogP contribution < -0.4 is 0 Å². The standard InChI is InChI=1S/C23H28FN/c1-2-3-4-18-5-7-19(8-6-18)9-10-20-11-16-23(25-17-20)21-12-14-22(24)15-13-21/h2-3,11-19H,4-10H2,1H3. The van der Waals surface area contributed by atoms with Crippen LogP contribution in [0.15, 0.2) is 54.7 Å². The smallest absolute Gasteiger partial charge is 0.123 e. The topological polar surface area (TPSA) is 12.9 Å². The molecule has 0 radical (unpaired) electrons. The maximum Gasteiger partial charge on any atom is 0.123 e. The minimum absolute atomic E-state index is 0.208. The highest BCUT2D eigenvalue weighted by Crippen LogP contribution is 2.33. The lowest BCUT2D eigenvalue weighted by molar-refractivity contribution is 0.265. The lowest BCUT2D eigenvalue weighted by Crippen LogP contribution is -2.14. The van der Waals surface area contributed by atoms with Crippen LogP contribution in [-0.2, 0) is 6.42 Å². The van der Waals surface area contributed by atoms with Crippen molar-refractivity contribution < 1.29 is 4.39 Å². The average molecular weight is 337 g/mol. The van der Waals surface area contributed by atoms with Crippen molar-refractivity contribution in [3.8, 4) is 11.3 Å². The molecule has 0 bridgehead atoms. The fourth-order valence-corrected chi connectivity index (χ4v) is 3.82. The van der Waals surface area contributed by atoms with Gasteiger partial charge in [0.05, 0.1) is 5.69 Å². The van der Waals surface area contributed by atoms with Gasteiger partial charge < -0.3 is 0 Å². The Bertz CT molecular complexity index is 664. The van der Waals surface area contributed by atoms with Crippen molar-refractivity contribution in [2.24, 2.45) is 11.8 Å². The van der Waals surface area contributed by atoms with E-state index in [4.69, 9.17) is 0 Å². The van der Waals surface area contributed by atoms with Gasteiger partial charge in [0.25, 0.3) is 0 Å². The second-order valence-electron chi connectivity index (χ2n) is 7.29.